The van der Waals surface area contributed by atoms with Crippen molar-refractivity contribution in [2.24, 2.45) is 0 Å². The topological polar surface area (TPSA) is 78.4 Å². The summed E-state index contributed by atoms with van der Waals surface area (Å²) in [6, 6.07) is 1.74. The van der Waals surface area contributed by atoms with E-state index in [1.54, 1.807) is 12.3 Å². The molecule has 0 aromatic carbocycles. The quantitative estimate of drug-likeness (QED) is 0.599. The lowest BCUT2D eigenvalue weighted by molar-refractivity contribution is -0.162. The molecule has 0 N–H and O–H groups in total. The van der Waals surface area contributed by atoms with Gasteiger partial charge in [-0.1, -0.05) is 6.42 Å². The molecule has 1 saturated carbocycles. The molecule has 1 aliphatic carbocycles. The zero-order valence-electron chi connectivity index (χ0n) is 14.3. The number of aromatic nitrogens is 2. The van der Waals surface area contributed by atoms with E-state index >= 15 is 0 Å². The molecule has 0 aliphatic heterocycles. The van der Waals surface area contributed by atoms with Crippen LogP contribution < -0.4 is 4.74 Å². The van der Waals surface area contributed by atoms with Gasteiger partial charge in [-0.15, -0.1) is 11.3 Å². The summed E-state index contributed by atoms with van der Waals surface area (Å²) in [6.45, 7) is 1.81. The standard InChI is InChI=1S/C18H20N2O4S/c1-12-14(24-18(17(22)23-2)7-4-3-5-8-18)10-19-16(20-12)15-13(11-21)6-9-25-15/h6,9-11H,3-5,7-8H2,1-2H3. The predicted molar refractivity (Wildman–Crippen MR) is 93.9 cm³/mol. The van der Waals surface area contributed by atoms with Crippen molar-refractivity contribution >= 4 is 23.6 Å². The van der Waals surface area contributed by atoms with Gasteiger partial charge in [0.2, 0.25) is 5.60 Å². The lowest BCUT2D eigenvalue weighted by Crippen LogP contribution is -2.47. The number of thiophene rings is 1. The van der Waals surface area contributed by atoms with Crippen molar-refractivity contribution in [1.29, 1.82) is 0 Å². The normalized spacial score (nSPS) is 16.2. The van der Waals surface area contributed by atoms with E-state index in [4.69, 9.17) is 9.47 Å². The molecule has 7 heteroatoms. The average Bonchev–Trinajstić information content (AvgIpc) is 3.12. The Balaban J connectivity index is 1.90. The van der Waals surface area contributed by atoms with Crippen molar-refractivity contribution in [2.45, 2.75) is 44.6 Å². The van der Waals surface area contributed by atoms with E-state index in [2.05, 4.69) is 9.97 Å². The fourth-order valence-electron chi connectivity index (χ4n) is 3.13. The van der Waals surface area contributed by atoms with Crippen molar-refractivity contribution in [1.82, 2.24) is 9.97 Å². The van der Waals surface area contributed by atoms with Crippen LogP contribution in [0, 0.1) is 6.92 Å². The highest BCUT2D eigenvalue weighted by molar-refractivity contribution is 7.13. The van der Waals surface area contributed by atoms with Crippen molar-refractivity contribution in [3.05, 3.63) is 28.9 Å². The highest BCUT2D eigenvalue weighted by Gasteiger charge is 2.43. The first kappa shape index (κ1) is 17.5. The van der Waals surface area contributed by atoms with Crippen LogP contribution in [0.4, 0.5) is 0 Å². The van der Waals surface area contributed by atoms with E-state index in [1.165, 1.54) is 18.4 Å². The third-order valence-corrected chi connectivity index (χ3v) is 5.41. The lowest BCUT2D eigenvalue weighted by atomic mass is 9.84. The SMILES string of the molecule is COC(=O)C1(Oc2cnc(-c3sccc3C=O)nc2C)CCCCC1. The summed E-state index contributed by atoms with van der Waals surface area (Å²) < 4.78 is 11.1. The Kier molecular flexibility index (Phi) is 5.13. The predicted octanol–water partition coefficient (Wildman–Crippen LogP) is 3.58. The molecule has 0 spiro atoms. The second-order valence-corrected chi connectivity index (χ2v) is 7.03. The zero-order valence-corrected chi connectivity index (χ0v) is 15.1. The number of esters is 1. The molecule has 2 heterocycles. The molecular formula is C18H20N2O4S. The van der Waals surface area contributed by atoms with Gasteiger partial charge < -0.3 is 9.47 Å². The van der Waals surface area contributed by atoms with Gasteiger partial charge in [0.15, 0.2) is 17.9 Å². The van der Waals surface area contributed by atoms with Crippen LogP contribution in [0.3, 0.4) is 0 Å². The number of hydrogen-bond acceptors (Lipinski definition) is 7. The molecule has 0 amide bonds. The van der Waals surface area contributed by atoms with E-state index in [0.717, 1.165) is 30.4 Å². The number of nitrogens with zero attached hydrogens (tertiary/aromatic N) is 2. The summed E-state index contributed by atoms with van der Waals surface area (Å²) in [7, 11) is 1.38. The summed E-state index contributed by atoms with van der Waals surface area (Å²) in [5.41, 5.74) is 0.236. The molecule has 2 aromatic heterocycles. The van der Waals surface area contributed by atoms with Crippen LogP contribution in [0.5, 0.6) is 5.75 Å². The minimum atomic E-state index is -0.959. The Hall–Kier alpha value is -2.28. The second-order valence-electron chi connectivity index (χ2n) is 6.11. The monoisotopic (exact) mass is 360 g/mol. The summed E-state index contributed by atoms with van der Waals surface area (Å²) in [4.78, 5) is 32.9. The first-order valence-electron chi connectivity index (χ1n) is 8.24. The first-order valence-corrected chi connectivity index (χ1v) is 9.12. The van der Waals surface area contributed by atoms with Gasteiger partial charge in [0.05, 0.1) is 23.9 Å². The number of methoxy groups -OCH3 is 1. The average molecular weight is 360 g/mol. The molecular weight excluding hydrogens is 340 g/mol. The van der Waals surface area contributed by atoms with Gasteiger partial charge in [-0.05, 0) is 44.1 Å². The highest BCUT2D eigenvalue weighted by Crippen LogP contribution is 2.35. The number of ether oxygens (including phenoxy) is 2. The van der Waals surface area contributed by atoms with Crippen LogP contribution in [0.1, 0.15) is 48.2 Å². The van der Waals surface area contributed by atoms with E-state index in [-0.39, 0.29) is 5.97 Å². The molecule has 0 atom stereocenters. The third kappa shape index (κ3) is 3.42. The van der Waals surface area contributed by atoms with Crippen LogP contribution in [0.2, 0.25) is 0 Å². The molecule has 0 saturated heterocycles. The summed E-state index contributed by atoms with van der Waals surface area (Å²) in [5, 5.41) is 1.83. The van der Waals surface area contributed by atoms with Gasteiger partial charge >= 0.3 is 5.97 Å². The number of hydrogen-bond donors (Lipinski definition) is 0. The first-order chi connectivity index (χ1) is 12.1. The Labute approximate surface area is 150 Å². The van der Waals surface area contributed by atoms with E-state index in [0.29, 0.717) is 35.7 Å². The number of carbonyl (C=O) groups is 2. The van der Waals surface area contributed by atoms with Crippen LogP contribution in [-0.4, -0.2) is 34.9 Å². The molecule has 0 bridgehead atoms. The zero-order chi connectivity index (χ0) is 17.9. The van der Waals surface area contributed by atoms with Gasteiger partial charge in [0.25, 0.3) is 0 Å². The van der Waals surface area contributed by atoms with Crippen LogP contribution in [0.15, 0.2) is 17.6 Å². The van der Waals surface area contributed by atoms with Crippen molar-refractivity contribution in [3.8, 4) is 16.5 Å². The second kappa shape index (κ2) is 7.31. The minimum absolute atomic E-state index is 0.350. The van der Waals surface area contributed by atoms with Crippen LogP contribution in [0.25, 0.3) is 10.7 Å². The molecule has 6 nitrogen and oxygen atoms in total. The summed E-state index contributed by atoms with van der Waals surface area (Å²) >= 11 is 1.41. The fraction of sp³-hybridized carbons (Fsp3) is 0.444. The summed E-state index contributed by atoms with van der Waals surface area (Å²) in [5.74, 6) is 0.607. The fourth-order valence-corrected chi connectivity index (χ4v) is 3.93. The van der Waals surface area contributed by atoms with E-state index in [9.17, 15) is 9.59 Å². The van der Waals surface area contributed by atoms with Gasteiger partial charge in [-0.2, -0.15) is 0 Å². The molecule has 0 unspecified atom stereocenters. The number of aryl methyl sites for hydroxylation is 1. The maximum atomic E-state index is 12.3. The van der Waals surface area contributed by atoms with E-state index < -0.39 is 5.60 Å². The van der Waals surface area contributed by atoms with Crippen LogP contribution >= 0.6 is 11.3 Å². The Bertz CT molecular complexity index is 781. The maximum absolute atomic E-state index is 12.3. The Morgan fingerprint density at radius 1 is 1.32 bits per heavy atom. The summed E-state index contributed by atoms with van der Waals surface area (Å²) in [6.07, 6.45) is 6.55. The molecule has 132 valence electrons. The van der Waals surface area contributed by atoms with Crippen molar-refractivity contribution in [3.63, 3.8) is 0 Å². The highest BCUT2D eigenvalue weighted by atomic mass is 32.1. The smallest absolute Gasteiger partial charge is 0.350 e. The van der Waals surface area contributed by atoms with Gasteiger partial charge in [-0.3, -0.25) is 4.79 Å². The van der Waals surface area contributed by atoms with Crippen molar-refractivity contribution < 1.29 is 19.1 Å². The number of aldehydes is 1. The minimum Gasteiger partial charge on any atom is -0.472 e. The Morgan fingerprint density at radius 2 is 2.08 bits per heavy atom. The number of carbonyl (C=O) groups excluding carboxylic acids is 2. The largest absolute Gasteiger partial charge is 0.472 e. The molecule has 1 aliphatic rings. The van der Waals surface area contributed by atoms with Gasteiger partial charge in [-0.25, -0.2) is 14.8 Å². The maximum Gasteiger partial charge on any atom is 0.350 e. The third-order valence-electron chi connectivity index (χ3n) is 4.48. The molecule has 1 fully saturated rings. The van der Waals surface area contributed by atoms with Crippen molar-refractivity contribution in [2.75, 3.05) is 7.11 Å². The Morgan fingerprint density at radius 3 is 2.72 bits per heavy atom. The molecule has 2 aromatic rings. The van der Waals surface area contributed by atoms with E-state index in [1.807, 2.05) is 12.3 Å². The van der Waals surface area contributed by atoms with Crippen LogP contribution in [-0.2, 0) is 9.53 Å². The number of rotatable bonds is 5. The van der Waals surface area contributed by atoms with Gasteiger partial charge in [0.1, 0.15) is 0 Å². The lowest BCUT2D eigenvalue weighted by Gasteiger charge is -2.34. The molecule has 25 heavy (non-hydrogen) atoms. The van der Waals surface area contributed by atoms with Gasteiger partial charge in [0, 0.05) is 5.56 Å². The molecule has 0 radical (unpaired) electrons. The molecule has 3 rings (SSSR count).